The minimum atomic E-state index is -0.859. The van der Waals surface area contributed by atoms with E-state index in [1.165, 1.54) is 12.5 Å². The molecule has 2 rings (SSSR count). The van der Waals surface area contributed by atoms with E-state index in [1.807, 2.05) is 0 Å². The van der Waals surface area contributed by atoms with Crippen molar-refractivity contribution in [2.75, 3.05) is 0 Å². The number of nitrogens with zero attached hydrogens (tertiary/aromatic N) is 1. The van der Waals surface area contributed by atoms with Crippen molar-refractivity contribution in [3.8, 4) is 0 Å². The van der Waals surface area contributed by atoms with Gasteiger partial charge in [0.1, 0.15) is 0 Å². The Morgan fingerprint density at radius 2 is 2.14 bits per heavy atom. The van der Waals surface area contributed by atoms with Crippen LogP contribution in [0.2, 0.25) is 0 Å². The van der Waals surface area contributed by atoms with E-state index in [9.17, 15) is 9.59 Å². The molecule has 0 aromatic carbocycles. The molecule has 0 aliphatic heterocycles. The van der Waals surface area contributed by atoms with Crippen LogP contribution >= 0.6 is 0 Å². The Bertz CT molecular complexity index is 540. The van der Waals surface area contributed by atoms with Crippen molar-refractivity contribution in [1.82, 2.24) is 10.5 Å². The summed E-state index contributed by atoms with van der Waals surface area (Å²) in [6.07, 6.45) is 2.42. The first-order valence-electron chi connectivity index (χ1n) is 7.83. The number of carbonyl (C=O) groups excluding carboxylic acids is 2. The molecule has 1 aliphatic carbocycles. The Morgan fingerprint density at radius 3 is 2.77 bits per heavy atom. The quantitative estimate of drug-likeness (QED) is 0.864. The average molecular weight is 308 g/mol. The Kier molecular flexibility index (Phi) is 5.21. The summed E-state index contributed by atoms with van der Waals surface area (Å²) in [5, 5.41) is 6.62. The van der Waals surface area contributed by atoms with Crippen LogP contribution in [0.25, 0.3) is 0 Å². The summed E-state index contributed by atoms with van der Waals surface area (Å²) in [7, 11) is 0. The third-order valence-electron chi connectivity index (χ3n) is 4.52. The van der Waals surface area contributed by atoms with Crippen LogP contribution in [0.1, 0.15) is 56.3 Å². The van der Waals surface area contributed by atoms with Gasteiger partial charge < -0.3 is 14.6 Å². The van der Waals surface area contributed by atoms with Crippen molar-refractivity contribution in [3.63, 3.8) is 0 Å². The zero-order chi connectivity index (χ0) is 16.3. The maximum Gasteiger partial charge on any atom is 0.377 e. The topological polar surface area (TPSA) is 81.4 Å². The number of aryl methyl sites for hydroxylation is 1. The molecule has 6 nitrogen and oxygen atoms in total. The molecular formula is C16H24N2O4. The molecule has 1 N–H and O–H groups in total. The van der Waals surface area contributed by atoms with Crippen LogP contribution in [0.3, 0.4) is 0 Å². The van der Waals surface area contributed by atoms with E-state index in [0.29, 0.717) is 17.5 Å². The van der Waals surface area contributed by atoms with Crippen molar-refractivity contribution in [2.45, 2.75) is 59.1 Å². The number of carbonyl (C=O) groups is 2. The molecule has 1 aliphatic rings. The molecule has 1 amide bonds. The first kappa shape index (κ1) is 16.5. The van der Waals surface area contributed by atoms with Gasteiger partial charge in [-0.05, 0) is 32.1 Å². The first-order valence-corrected chi connectivity index (χ1v) is 7.83. The highest BCUT2D eigenvalue weighted by molar-refractivity contribution is 5.90. The molecule has 0 bridgehead atoms. The highest BCUT2D eigenvalue weighted by Crippen LogP contribution is 2.29. The second-order valence-electron chi connectivity index (χ2n) is 6.26. The number of nitrogens with one attached hydrogen (secondary N) is 1. The summed E-state index contributed by atoms with van der Waals surface area (Å²) in [4.78, 5) is 24.0. The molecule has 1 aromatic rings. The van der Waals surface area contributed by atoms with E-state index in [0.717, 1.165) is 12.8 Å². The fraction of sp³-hybridized carbons (Fsp3) is 0.688. The molecule has 1 heterocycles. The van der Waals surface area contributed by atoms with E-state index >= 15 is 0 Å². The molecule has 4 atom stereocenters. The van der Waals surface area contributed by atoms with Crippen molar-refractivity contribution in [1.29, 1.82) is 0 Å². The maximum atomic E-state index is 12.2. The zero-order valence-corrected chi connectivity index (χ0v) is 13.6. The Hall–Kier alpha value is -1.85. The highest BCUT2D eigenvalue weighted by atomic mass is 16.6. The lowest BCUT2D eigenvalue weighted by Crippen LogP contribution is -2.47. The van der Waals surface area contributed by atoms with E-state index in [-0.39, 0.29) is 17.7 Å². The van der Waals surface area contributed by atoms with Gasteiger partial charge in [-0.15, -0.1) is 0 Å². The van der Waals surface area contributed by atoms with Crippen LogP contribution in [0.4, 0.5) is 0 Å². The summed E-state index contributed by atoms with van der Waals surface area (Å²) in [5.74, 6) is 0.0901. The zero-order valence-electron chi connectivity index (χ0n) is 13.6. The molecule has 1 aromatic heterocycles. The average Bonchev–Trinajstić information content (AvgIpc) is 2.90. The van der Waals surface area contributed by atoms with E-state index in [2.05, 4.69) is 24.3 Å². The van der Waals surface area contributed by atoms with Gasteiger partial charge in [0.05, 0.1) is 5.69 Å². The summed E-state index contributed by atoms with van der Waals surface area (Å²) in [5.41, 5.74) is 0.592. The van der Waals surface area contributed by atoms with Crippen LogP contribution in [-0.4, -0.2) is 29.2 Å². The molecule has 122 valence electrons. The monoisotopic (exact) mass is 308 g/mol. The summed E-state index contributed by atoms with van der Waals surface area (Å²) in [6.45, 7) is 7.64. The number of rotatable bonds is 4. The van der Waals surface area contributed by atoms with Gasteiger partial charge in [0.15, 0.2) is 6.10 Å². The molecule has 1 saturated carbocycles. The first-order chi connectivity index (χ1) is 10.4. The Labute approximate surface area is 130 Å². The normalized spacial score (nSPS) is 26.3. The number of amides is 1. The van der Waals surface area contributed by atoms with Crippen LogP contribution in [0.15, 0.2) is 10.6 Å². The summed E-state index contributed by atoms with van der Waals surface area (Å²) < 4.78 is 9.96. The minimum absolute atomic E-state index is 0.0109. The minimum Gasteiger partial charge on any atom is -0.447 e. The predicted molar refractivity (Wildman–Crippen MR) is 80.2 cm³/mol. The molecule has 0 radical (unpaired) electrons. The molecule has 0 saturated heterocycles. The summed E-state index contributed by atoms with van der Waals surface area (Å²) in [6, 6.07) is 1.63. The number of esters is 1. The standard InChI is InChI=1S/C16H24N2O4/c1-9-6-5-7-13(11(9)3)17-15(19)12(4)21-16(20)14-8-10(2)18-22-14/h8-9,11-13H,5-7H2,1-4H3,(H,17,19)/t9-,11-,12+,13+/m0/s1. The largest absolute Gasteiger partial charge is 0.447 e. The van der Waals surface area contributed by atoms with Gasteiger partial charge in [-0.3, -0.25) is 4.79 Å². The molecule has 1 fully saturated rings. The third kappa shape index (κ3) is 3.87. The van der Waals surface area contributed by atoms with Gasteiger partial charge >= 0.3 is 5.97 Å². The van der Waals surface area contributed by atoms with Crippen molar-refractivity contribution < 1.29 is 18.8 Å². The highest BCUT2D eigenvalue weighted by Gasteiger charge is 2.30. The summed E-state index contributed by atoms with van der Waals surface area (Å²) >= 11 is 0. The van der Waals surface area contributed by atoms with Crippen molar-refractivity contribution in [2.24, 2.45) is 11.8 Å². The Morgan fingerprint density at radius 1 is 1.41 bits per heavy atom. The number of hydrogen-bond acceptors (Lipinski definition) is 5. The molecule has 0 spiro atoms. The SMILES string of the molecule is Cc1cc(C(=O)O[C@H](C)C(=O)N[C@@H]2CCC[C@H](C)[C@@H]2C)on1. The van der Waals surface area contributed by atoms with Crippen LogP contribution in [0.5, 0.6) is 0 Å². The molecular weight excluding hydrogens is 284 g/mol. The van der Waals surface area contributed by atoms with Crippen molar-refractivity contribution >= 4 is 11.9 Å². The van der Waals surface area contributed by atoms with E-state index < -0.39 is 12.1 Å². The van der Waals surface area contributed by atoms with Gasteiger partial charge in [-0.2, -0.15) is 0 Å². The van der Waals surface area contributed by atoms with Crippen LogP contribution < -0.4 is 5.32 Å². The van der Waals surface area contributed by atoms with E-state index in [1.54, 1.807) is 13.8 Å². The Balaban J connectivity index is 1.88. The number of ether oxygens (including phenoxy) is 1. The molecule has 0 unspecified atom stereocenters. The lowest BCUT2D eigenvalue weighted by Gasteiger charge is -2.35. The molecule has 22 heavy (non-hydrogen) atoms. The van der Waals surface area contributed by atoms with Crippen molar-refractivity contribution in [3.05, 3.63) is 17.5 Å². The smallest absolute Gasteiger partial charge is 0.377 e. The van der Waals surface area contributed by atoms with Crippen LogP contribution in [-0.2, 0) is 9.53 Å². The van der Waals surface area contributed by atoms with Gasteiger partial charge in [0.25, 0.3) is 5.91 Å². The third-order valence-corrected chi connectivity index (χ3v) is 4.52. The van der Waals surface area contributed by atoms with E-state index in [4.69, 9.17) is 9.26 Å². The second kappa shape index (κ2) is 6.94. The van der Waals surface area contributed by atoms with Crippen LogP contribution in [0, 0.1) is 18.8 Å². The van der Waals surface area contributed by atoms with Gasteiger partial charge in [0, 0.05) is 12.1 Å². The lowest BCUT2D eigenvalue weighted by atomic mass is 9.78. The number of hydrogen-bond donors (Lipinski definition) is 1. The maximum absolute atomic E-state index is 12.2. The predicted octanol–water partition coefficient (Wildman–Crippen LogP) is 2.47. The van der Waals surface area contributed by atoms with Gasteiger partial charge in [-0.25, -0.2) is 4.79 Å². The van der Waals surface area contributed by atoms with Gasteiger partial charge in [0.2, 0.25) is 5.76 Å². The number of aromatic nitrogens is 1. The molecule has 6 heteroatoms. The fourth-order valence-corrected chi connectivity index (χ4v) is 2.82. The lowest BCUT2D eigenvalue weighted by molar-refractivity contribution is -0.130. The fourth-order valence-electron chi connectivity index (χ4n) is 2.82. The second-order valence-corrected chi connectivity index (χ2v) is 6.26. The van der Waals surface area contributed by atoms with Gasteiger partial charge in [-0.1, -0.05) is 31.8 Å².